The zero-order chi connectivity index (χ0) is 20.3. The molecule has 0 saturated carbocycles. The van der Waals surface area contributed by atoms with Crippen LogP contribution in [0, 0.1) is 0 Å². The number of pyridine rings is 1. The number of aromatic nitrogens is 3. The highest BCUT2D eigenvalue weighted by Gasteiger charge is 2.17. The number of nitrogens with two attached hydrogens (primary N) is 1. The van der Waals surface area contributed by atoms with Crippen LogP contribution in [0.15, 0.2) is 73.1 Å². The lowest BCUT2D eigenvalue weighted by Gasteiger charge is -2.08. The number of benzene rings is 2. The van der Waals surface area contributed by atoms with Gasteiger partial charge in [-0.15, -0.1) is 5.53 Å². The summed E-state index contributed by atoms with van der Waals surface area (Å²) >= 11 is 0. The zero-order valence-electron chi connectivity index (χ0n) is 16.2. The van der Waals surface area contributed by atoms with Gasteiger partial charge in [0.2, 0.25) is 0 Å². The van der Waals surface area contributed by atoms with Crippen LogP contribution in [0.4, 0.5) is 17.3 Å². The molecule has 2 aromatic carbocycles. The van der Waals surface area contributed by atoms with Crippen LogP contribution < -0.4 is 26.9 Å². The van der Waals surface area contributed by atoms with E-state index in [-0.39, 0.29) is 0 Å². The average molecular weight is 399 g/mol. The van der Waals surface area contributed by atoms with Crippen LogP contribution in [0.2, 0.25) is 0 Å². The molecule has 0 radical (unpaired) electrons. The summed E-state index contributed by atoms with van der Waals surface area (Å²) in [5.74, 6) is 2.80. The van der Waals surface area contributed by atoms with Crippen molar-refractivity contribution >= 4 is 17.3 Å². The van der Waals surface area contributed by atoms with E-state index < -0.39 is 0 Å². The monoisotopic (exact) mass is 399 g/mol. The molecular formula is C22H21N7O. The summed E-state index contributed by atoms with van der Waals surface area (Å²) < 4.78 is 7.85. The van der Waals surface area contributed by atoms with E-state index in [4.69, 9.17) is 10.5 Å². The maximum absolute atomic E-state index is 5.93. The summed E-state index contributed by atoms with van der Waals surface area (Å²) in [4.78, 5) is 4.26. The van der Waals surface area contributed by atoms with Gasteiger partial charge >= 0.3 is 0 Å². The Hall–Kier alpha value is -4.04. The van der Waals surface area contributed by atoms with E-state index in [2.05, 4.69) is 32.5 Å². The van der Waals surface area contributed by atoms with Gasteiger partial charge in [-0.05, 0) is 47.0 Å². The van der Waals surface area contributed by atoms with E-state index >= 15 is 0 Å². The Morgan fingerprint density at radius 2 is 1.80 bits per heavy atom. The maximum Gasteiger partial charge on any atom is 0.169 e. The molecule has 0 bridgehead atoms. The van der Waals surface area contributed by atoms with Gasteiger partial charge in [0.25, 0.3) is 0 Å². The third-order valence-electron chi connectivity index (χ3n) is 4.79. The molecule has 0 saturated heterocycles. The molecule has 0 fully saturated rings. The van der Waals surface area contributed by atoms with E-state index in [1.807, 2.05) is 71.7 Å². The Morgan fingerprint density at radius 1 is 0.933 bits per heavy atom. The molecule has 5 N–H and O–H groups in total. The van der Waals surface area contributed by atoms with Gasteiger partial charge in [0.05, 0.1) is 18.4 Å². The molecule has 30 heavy (non-hydrogen) atoms. The lowest BCUT2D eigenvalue weighted by atomic mass is 10.1. The van der Waals surface area contributed by atoms with Crippen LogP contribution in [0.1, 0.15) is 16.7 Å². The van der Waals surface area contributed by atoms with Crippen molar-refractivity contribution in [2.45, 2.75) is 13.0 Å². The Balaban J connectivity index is 1.29. The van der Waals surface area contributed by atoms with Crippen molar-refractivity contribution in [3.8, 4) is 11.5 Å². The van der Waals surface area contributed by atoms with Crippen LogP contribution in [-0.2, 0) is 13.0 Å². The molecular weight excluding hydrogens is 378 g/mol. The number of hydrazine groups is 2. The molecule has 150 valence electrons. The number of fused-ring (bicyclic) bond motifs is 1. The highest BCUT2D eigenvalue weighted by atomic mass is 16.5. The molecule has 1 aliphatic rings. The zero-order valence-corrected chi connectivity index (χ0v) is 16.2. The van der Waals surface area contributed by atoms with Gasteiger partial charge in [0.1, 0.15) is 17.3 Å². The summed E-state index contributed by atoms with van der Waals surface area (Å²) in [5.41, 5.74) is 18.9. The Labute approximate surface area is 173 Å². The number of nitrogens with zero attached hydrogens (tertiary/aromatic N) is 3. The van der Waals surface area contributed by atoms with Crippen molar-refractivity contribution in [3.63, 3.8) is 0 Å². The Bertz CT molecular complexity index is 1170. The van der Waals surface area contributed by atoms with Gasteiger partial charge in [0, 0.05) is 12.6 Å². The van der Waals surface area contributed by atoms with Gasteiger partial charge in [-0.3, -0.25) is 10.1 Å². The molecule has 8 heteroatoms. The minimum atomic E-state index is 0.476. The molecule has 0 aliphatic carbocycles. The normalized spacial score (nSPS) is 12.1. The maximum atomic E-state index is 5.93. The second-order valence-electron chi connectivity index (χ2n) is 7.09. The second kappa shape index (κ2) is 7.76. The number of nitrogens with one attached hydrogen (secondary N) is 3. The van der Waals surface area contributed by atoms with Crippen molar-refractivity contribution in [3.05, 3.63) is 89.7 Å². The second-order valence-corrected chi connectivity index (χ2v) is 7.09. The van der Waals surface area contributed by atoms with Crippen LogP contribution in [0.5, 0.6) is 11.5 Å². The average Bonchev–Trinajstić information content (AvgIpc) is 3.38. The van der Waals surface area contributed by atoms with Crippen molar-refractivity contribution in [2.75, 3.05) is 16.6 Å². The number of anilines is 3. The van der Waals surface area contributed by atoms with Crippen molar-refractivity contribution in [2.24, 2.45) is 0 Å². The van der Waals surface area contributed by atoms with E-state index in [1.165, 1.54) is 0 Å². The fourth-order valence-corrected chi connectivity index (χ4v) is 3.47. The van der Waals surface area contributed by atoms with Crippen LogP contribution in [-0.4, -0.2) is 14.8 Å². The highest BCUT2D eigenvalue weighted by molar-refractivity contribution is 5.74. The van der Waals surface area contributed by atoms with Crippen LogP contribution in [0.3, 0.4) is 0 Å². The van der Waals surface area contributed by atoms with Gasteiger partial charge in [0.15, 0.2) is 5.82 Å². The predicted molar refractivity (Wildman–Crippen MR) is 116 cm³/mol. The van der Waals surface area contributed by atoms with Crippen molar-refractivity contribution < 1.29 is 4.74 Å². The summed E-state index contributed by atoms with van der Waals surface area (Å²) in [6.45, 7) is 0.657. The first-order valence-corrected chi connectivity index (χ1v) is 9.62. The van der Waals surface area contributed by atoms with Gasteiger partial charge in [-0.2, -0.15) is 5.10 Å². The number of nitrogen functional groups attached to an aromatic ring is 1. The molecule has 1 aliphatic heterocycles. The molecule has 2 aromatic heterocycles. The fourth-order valence-electron chi connectivity index (χ4n) is 3.47. The predicted octanol–water partition coefficient (Wildman–Crippen LogP) is 3.55. The Kier molecular flexibility index (Phi) is 4.66. The Morgan fingerprint density at radius 3 is 2.70 bits per heavy atom. The molecule has 8 nitrogen and oxygen atoms in total. The van der Waals surface area contributed by atoms with Crippen LogP contribution >= 0.6 is 0 Å². The third kappa shape index (κ3) is 3.89. The molecule has 3 heterocycles. The van der Waals surface area contributed by atoms with E-state index in [9.17, 15) is 0 Å². The molecule has 0 atom stereocenters. The van der Waals surface area contributed by atoms with Crippen molar-refractivity contribution in [1.82, 2.24) is 20.3 Å². The topological polar surface area (TPSA) is 102 Å². The summed E-state index contributed by atoms with van der Waals surface area (Å²) in [6.07, 6.45) is 4.62. The molecule has 0 amide bonds. The minimum Gasteiger partial charge on any atom is -0.457 e. The van der Waals surface area contributed by atoms with Crippen molar-refractivity contribution in [1.29, 1.82) is 0 Å². The molecule has 5 rings (SSSR count). The van der Waals surface area contributed by atoms with E-state index in [0.717, 1.165) is 33.9 Å². The molecule has 0 spiro atoms. The number of rotatable bonds is 6. The number of ether oxygens (including phenoxy) is 1. The number of para-hydroxylation sites is 1. The SMILES string of the molecule is Nc1cc(Cc2cnn(Cc3cccc(Oc4ccccc4)c3)c2)c2c(n1)NNN2. The summed E-state index contributed by atoms with van der Waals surface area (Å²) in [7, 11) is 0. The quantitative estimate of drug-likeness (QED) is 0.393. The highest BCUT2D eigenvalue weighted by Crippen LogP contribution is 2.30. The largest absolute Gasteiger partial charge is 0.457 e. The fraction of sp³-hybridized carbons (Fsp3) is 0.0909. The first-order valence-electron chi connectivity index (χ1n) is 9.62. The van der Waals surface area contributed by atoms with Gasteiger partial charge in [-0.25, -0.2) is 4.98 Å². The lowest BCUT2D eigenvalue weighted by Crippen LogP contribution is -2.19. The third-order valence-corrected chi connectivity index (χ3v) is 4.79. The summed E-state index contributed by atoms with van der Waals surface area (Å²) in [5, 5.41) is 4.51. The first-order chi connectivity index (χ1) is 14.7. The number of hydrogen-bond donors (Lipinski definition) is 4. The molecule has 0 unspecified atom stereocenters. The number of hydrogen-bond acceptors (Lipinski definition) is 7. The first kappa shape index (κ1) is 18.0. The van der Waals surface area contributed by atoms with Gasteiger partial charge in [-0.1, -0.05) is 30.3 Å². The lowest BCUT2D eigenvalue weighted by molar-refractivity contribution is 0.481. The summed E-state index contributed by atoms with van der Waals surface area (Å²) in [6, 6.07) is 19.7. The van der Waals surface area contributed by atoms with Crippen LogP contribution in [0.25, 0.3) is 0 Å². The molecule has 4 aromatic rings. The van der Waals surface area contributed by atoms with Gasteiger partial charge < -0.3 is 15.9 Å². The minimum absolute atomic E-state index is 0.476. The standard InChI is InChI=1S/C22H21N7O/c23-20-11-17(21-22(25-20)27-28-26-21)9-16-12-24-29(14-16)13-15-5-4-8-19(10-15)30-18-6-2-1-3-7-18/h1-8,10-12,14,26,28H,9,13H2,(H3,23,25,27). The smallest absolute Gasteiger partial charge is 0.169 e. The van der Waals surface area contributed by atoms with E-state index in [0.29, 0.717) is 24.6 Å². The van der Waals surface area contributed by atoms with E-state index in [1.54, 1.807) is 0 Å².